The molecule has 1 spiro atoms. The second-order valence-corrected chi connectivity index (χ2v) is 12.4. The van der Waals surface area contributed by atoms with Crippen molar-refractivity contribution < 1.29 is 14.3 Å². The highest BCUT2D eigenvalue weighted by Gasteiger charge is 2.63. The van der Waals surface area contributed by atoms with Crippen LogP contribution in [-0.4, -0.2) is 61.4 Å². The maximum atomic E-state index is 13.5. The summed E-state index contributed by atoms with van der Waals surface area (Å²) < 4.78 is 5.78. The molecule has 0 aromatic heterocycles. The van der Waals surface area contributed by atoms with E-state index in [4.69, 9.17) is 10.5 Å². The highest BCUT2D eigenvalue weighted by Crippen LogP contribution is 2.67. The van der Waals surface area contributed by atoms with Gasteiger partial charge in [-0.2, -0.15) is 0 Å². The summed E-state index contributed by atoms with van der Waals surface area (Å²) in [6.45, 7) is 9.16. The van der Waals surface area contributed by atoms with Gasteiger partial charge in [0.25, 0.3) is 5.91 Å². The molecule has 214 valence electrons. The SMILES string of the molecule is CCCC1CCC(CN(C)C(=O)c2ccccc2)C12C(CN(CCC(N)=O)C(C)C)CC1C=CC(OC)=CC12. The van der Waals surface area contributed by atoms with E-state index in [1.807, 2.05) is 42.3 Å². The van der Waals surface area contributed by atoms with Crippen molar-refractivity contribution >= 4 is 11.8 Å². The van der Waals surface area contributed by atoms with Crippen LogP contribution in [0.3, 0.4) is 0 Å². The number of fused-ring (bicyclic) bond motifs is 2. The van der Waals surface area contributed by atoms with Crippen molar-refractivity contribution in [2.45, 2.75) is 65.3 Å². The number of ether oxygens (including phenoxy) is 1. The van der Waals surface area contributed by atoms with E-state index in [2.05, 4.69) is 43.9 Å². The first-order valence-corrected chi connectivity index (χ1v) is 15.0. The number of hydrogen-bond acceptors (Lipinski definition) is 4. The minimum Gasteiger partial charge on any atom is -0.497 e. The van der Waals surface area contributed by atoms with Gasteiger partial charge in [0.15, 0.2) is 0 Å². The van der Waals surface area contributed by atoms with E-state index in [1.165, 1.54) is 12.8 Å². The predicted octanol–water partition coefficient (Wildman–Crippen LogP) is 5.51. The molecule has 3 aliphatic carbocycles. The van der Waals surface area contributed by atoms with Crippen LogP contribution in [0.2, 0.25) is 0 Å². The number of amides is 2. The van der Waals surface area contributed by atoms with E-state index in [0.717, 1.165) is 43.7 Å². The summed E-state index contributed by atoms with van der Waals surface area (Å²) in [5.74, 6) is 3.12. The molecule has 3 aliphatic rings. The Bertz CT molecular complexity index is 1050. The molecule has 0 heterocycles. The van der Waals surface area contributed by atoms with Crippen LogP contribution in [0, 0.1) is 35.0 Å². The number of carbonyl (C=O) groups excluding carboxylic acids is 2. The minimum absolute atomic E-state index is 0.0698. The zero-order valence-electron chi connectivity index (χ0n) is 24.6. The Hall–Kier alpha value is -2.60. The van der Waals surface area contributed by atoms with Crippen LogP contribution >= 0.6 is 0 Å². The van der Waals surface area contributed by atoms with E-state index in [9.17, 15) is 9.59 Å². The number of carbonyl (C=O) groups is 2. The van der Waals surface area contributed by atoms with Gasteiger partial charge in [0, 0.05) is 44.7 Å². The van der Waals surface area contributed by atoms with Crippen LogP contribution in [0.15, 0.2) is 54.3 Å². The normalized spacial score (nSPS) is 29.6. The molecule has 1 aromatic carbocycles. The van der Waals surface area contributed by atoms with Crippen molar-refractivity contribution in [1.29, 1.82) is 0 Å². The molecule has 0 saturated heterocycles. The minimum atomic E-state index is -0.241. The fourth-order valence-electron chi connectivity index (χ4n) is 8.36. The van der Waals surface area contributed by atoms with E-state index < -0.39 is 0 Å². The highest BCUT2D eigenvalue weighted by atomic mass is 16.5. The molecule has 2 saturated carbocycles. The Morgan fingerprint density at radius 2 is 1.82 bits per heavy atom. The van der Waals surface area contributed by atoms with Gasteiger partial charge in [0.05, 0.1) is 7.11 Å². The largest absolute Gasteiger partial charge is 0.497 e. The van der Waals surface area contributed by atoms with Gasteiger partial charge in [-0.25, -0.2) is 0 Å². The Morgan fingerprint density at radius 3 is 2.46 bits per heavy atom. The summed E-state index contributed by atoms with van der Waals surface area (Å²) in [6, 6.07) is 9.98. The maximum absolute atomic E-state index is 13.5. The molecule has 0 bridgehead atoms. The van der Waals surface area contributed by atoms with Gasteiger partial charge in [0.1, 0.15) is 5.76 Å². The maximum Gasteiger partial charge on any atom is 0.253 e. The zero-order chi connectivity index (χ0) is 28.2. The van der Waals surface area contributed by atoms with E-state index in [0.29, 0.717) is 48.6 Å². The number of methoxy groups -OCH3 is 1. The first-order chi connectivity index (χ1) is 18.7. The third-order valence-corrected chi connectivity index (χ3v) is 10.00. The molecule has 2 N–H and O–H groups in total. The fourth-order valence-corrected chi connectivity index (χ4v) is 8.36. The van der Waals surface area contributed by atoms with E-state index >= 15 is 0 Å². The summed E-state index contributed by atoms with van der Waals surface area (Å²) in [7, 11) is 3.74. The lowest BCUT2D eigenvalue weighted by Crippen LogP contribution is -2.50. The average molecular weight is 536 g/mol. The summed E-state index contributed by atoms with van der Waals surface area (Å²) in [5, 5.41) is 0. The third kappa shape index (κ3) is 5.96. The molecule has 1 aromatic rings. The van der Waals surface area contributed by atoms with Gasteiger partial charge >= 0.3 is 0 Å². The van der Waals surface area contributed by atoms with Crippen molar-refractivity contribution in [1.82, 2.24) is 9.80 Å². The molecule has 0 aliphatic heterocycles. The van der Waals surface area contributed by atoms with Crippen molar-refractivity contribution in [3.63, 3.8) is 0 Å². The van der Waals surface area contributed by atoms with E-state index in [1.54, 1.807) is 7.11 Å². The Labute approximate surface area is 235 Å². The van der Waals surface area contributed by atoms with Crippen molar-refractivity contribution in [3.05, 3.63) is 59.9 Å². The number of nitrogens with two attached hydrogens (primary N) is 1. The second kappa shape index (κ2) is 12.7. The number of benzene rings is 1. The second-order valence-electron chi connectivity index (χ2n) is 12.4. The lowest BCUT2D eigenvalue weighted by Gasteiger charge is -2.49. The summed E-state index contributed by atoms with van der Waals surface area (Å²) in [4.78, 5) is 29.6. The standard InChI is InChI=1S/C33H49N3O3/c1-6-10-26-14-15-27(21-35(4)32(38)24-11-8-7-9-12-24)33(26)28(22-36(23(2)3)18-17-31(34)37)19-25-13-16-29(39-5)20-30(25)33/h7-9,11-13,16,20,23,25-28,30H,6,10,14-15,17-19,21-22H2,1-5H3,(H2,34,37). The van der Waals surface area contributed by atoms with Gasteiger partial charge < -0.3 is 20.3 Å². The molecule has 6 atom stereocenters. The van der Waals surface area contributed by atoms with Gasteiger partial charge in [-0.15, -0.1) is 0 Å². The Balaban J connectivity index is 1.72. The van der Waals surface area contributed by atoms with Gasteiger partial charge in [-0.05, 0) is 92.4 Å². The molecule has 39 heavy (non-hydrogen) atoms. The van der Waals surface area contributed by atoms with Crippen LogP contribution in [0.5, 0.6) is 0 Å². The van der Waals surface area contributed by atoms with Crippen molar-refractivity contribution in [2.75, 3.05) is 33.8 Å². The lowest BCUT2D eigenvalue weighted by atomic mass is 9.58. The molecule has 2 amide bonds. The monoisotopic (exact) mass is 535 g/mol. The van der Waals surface area contributed by atoms with Crippen molar-refractivity contribution in [3.8, 4) is 0 Å². The highest BCUT2D eigenvalue weighted by molar-refractivity contribution is 5.94. The van der Waals surface area contributed by atoms with Crippen LogP contribution in [0.1, 0.15) is 69.7 Å². The molecule has 6 heteroatoms. The predicted molar refractivity (Wildman–Crippen MR) is 157 cm³/mol. The summed E-state index contributed by atoms with van der Waals surface area (Å²) in [5.41, 5.74) is 6.39. The molecule has 6 nitrogen and oxygen atoms in total. The molecule has 4 rings (SSSR count). The quantitative estimate of drug-likeness (QED) is 0.383. The fraction of sp³-hybridized carbons (Fsp3) is 0.636. The van der Waals surface area contributed by atoms with Crippen LogP contribution in [0.25, 0.3) is 0 Å². The molecule has 6 unspecified atom stereocenters. The molecule has 0 radical (unpaired) electrons. The van der Waals surface area contributed by atoms with Gasteiger partial charge in [-0.1, -0.05) is 44.0 Å². The number of hydrogen-bond donors (Lipinski definition) is 1. The van der Waals surface area contributed by atoms with Gasteiger partial charge in [0.2, 0.25) is 5.91 Å². The molecular formula is C33H49N3O3. The third-order valence-electron chi connectivity index (χ3n) is 10.00. The lowest BCUT2D eigenvalue weighted by molar-refractivity contribution is -0.118. The number of nitrogens with zero attached hydrogens (tertiary/aromatic N) is 2. The van der Waals surface area contributed by atoms with Crippen LogP contribution in [0.4, 0.5) is 0 Å². The zero-order valence-corrected chi connectivity index (χ0v) is 24.6. The molecular weight excluding hydrogens is 486 g/mol. The number of allylic oxidation sites excluding steroid dienone is 3. The summed E-state index contributed by atoms with van der Waals surface area (Å²) in [6.07, 6.45) is 13.2. The summed E-state index contributed by atoms with van der Waals surface area (Å²) >= 11 is 0. The Morgan fingerprint density at radius 1 is 1.10 bits per heavy atom. The van der Waals surface area contributed by atoms with E-state index in [-0.39, 0.29) is 17.2 Å². The first kappa shape index (κ1) is 29.4. The van der Waals surface area contributed by atoms with Gasteiger partial charge in [-0.3, -0.25) is 9.59 Å². The number of primary amides is 1. The number of rotatable bonds is 12. The first-order valence-electron chi connectivity index (χ1n) is 15.0. The van der Waals surface area contributed by atoms with Crippen molar-refractivity contribution in [2.24, 2.45) is 40.7 Å². The molecule has 2 fully saturated rings. The smallest absolute Gasteiger partial charge is 0.253 e. The Kier molecular flexibility index (Phi) is 9.58. The average Bonchev–Trinajstić information content (AvgIpc) is 3.44. The van der Waals surface area contributed by atoms with Crippen LogP contribution < -0.4 is 5.73 Å². The topological polar surface area (TPSA) is 75.9 Å². The van der Waals surface area contributed by atoms with Crippen LogP contribution in [-0.2, 0) is 9.53 Å².